The van der Waals surface area contributed by atoms with Crippen LogP contribution in [0.1, 0.15) is 11.3 Å². The Morgan fingerprint density at radius 2 is 2.18 bits per heavy atom. The van der Waals surface area contributed by atoms with Gasteiger partial charge in [0.1, 0.15) is 5.82 Å². The maximum Gasteiger partial charge on any atom is 0.222 e. The number of nitrogens with zero attached hydrogens (tertiary/aromatic N) is 3. The number of aromatic nitrogens is 2. The van der Waals surface area contributed by atoms with Crippen LogP contribution in [0.3, 0.4) is 0 Å². The lowest BCUT2D eigenvalue weighted by molar-refractivity contribution is 0.892. The first-order valence-corrected chi connectivity index (χ1v) is 6.77. The van der Waals surface area contributed by atoms with Crippen molar-refractivity contribution in [3.05, 3.63) is 32.6 Å². The van der Waals surface area contributed by atoms with Crippen molar-refractivity contribution in [1.82, 2.24) is 9.97 Å². The summed E-state index contributed by atoms with van der Waals surface area (Å²) in [5, 5.41) is 2.12. The highest BCUT2D eigenvalue weighted by molar-refractivity contribution is 9.11. The molecule has 0 aromatic carbocycles. The summed E-state index contributed by atoms with van der Waals surface area (Å²) in [7, 11) is 1.99. The minimum Gasteiger partial charge on any atom is -0.368 e. The lowest BCUT2D eigenvalue weighted by atomic mass is 10.3. The number of aryl methyl sites for hydroxylation is 1. The van der Waals surface area contributed by atoms with Crippen molar-refractivity contribution in [2.45, 2.75) is 13.5 Å². The predicted molar refractivity (Wildman–Crippen MR) is 75.3 cm³/mol. The fourth-order valence-corrected chi connectivity index (χ4v) is 2.75. The van der Waals surface area contributed by atoms with E-state index in [9.17, 15) is 0 Å². The Labute approximate surface area is 113 Å². The highest BCUT2D eigenvalue weighted by atomic mass is 79.9. The van der Waals surface area contributed by atoms with Crippen molar-refractivity contribution in [1.29, 1.82) is 0 Å². The second-order valence-corrected chi connectivity index (χ2v) is 6.13. The Kier molecular flexibility index (Phi) is 3.63. The van der Waals surface area contributed by atoms with Gasteiger partial charge in [0.05, 0.1) is 3.79 Å². The zero-order valence-electron chi connectivity index (χ0n) is 9.64. The van der Waals surface area contributed by atoms with E-state index in [-0.39, 0.29) is 0 Å². The van der Waals surface area contributed by atoms with Gasteiger partial charge in [-0.1, -0.05) is 0 Å². The third-order valence-electron chi connectivity index (χ3n) is 2.29. The molecule has 2 heterocycles. The highest BCUT2D eigenvalue weighted by Gasteiger charge is 2.07. The van der Waals surface area contributed by atoms with Crippen LogP contribution in [0.2, 0.25) is 0 Å². The molecule has 90 valence electrons. The number of hydrogen-bond donors (Lipinski definition) is 1. The van der Waals surface area contributed by atoms with Crippen LogP contribution in [0.15, 0.2) is 21.3 Å². The molecule has 0 spiro atoms. The van der Waals surface area contributed by atoms with Crippen LogP contribution in [0.5, 0.6) is 0 Å². The van der Waals surface area contributed by atoms with Gasteiger partial charge >= 0.3 is 0 Å². The Hall–Kier alpha value is -1.14. The van der Waals surface area contributed by atoms with Gasteiger partial charge < -0.3 is 10.6 Å². The van der Waals surface area contributed by atoms with Crippen molar-refractivity contribution >= 4 is 39.0 Å². The van der Waals surface area contributed by atoms with E-state index in [4.69, 9.17) is 5.73 Å². The number of thiophene rings is 1. The van der Waals surface area contributed by atoms with E-state index in [1.807, 2.05) is 20.0 Å². The fourth-order valence-electron chi connectivity index (χ4n) is 1.55. The van der Waals surface area contributed by atoms with Gasteiger partial charge in [0.25, 0.3) is 0 Å². The standard InChI is InChI=1S/C11H13BrN4S/c1-7-3-10(15-11(13)14-7)16(2)5-8-4-9(12)17-6-8/h3-4,6H,5H2,1-2H3,(H2,13,14,15). The first-order valence-electron chi connectivity index (χ1n) is 5.10. The average molecular weight is 313 g/mol. The molecule has 0 aliphatic heterocycles. The molecule has 0 aliphatic rings. The summed E-state index contributed by atoms with van der Waals surface area (Å²) in [5.41, 5.74) is 7.77. The molecule has 0 bridgehead atoms. The average Bonchev–Trinajstić information content (AvgIpc) is 2.62. The van der Waals surface area contributed by atoms with Gasteiger partial charge in [-0.2, -0.15) is 4.98 Å². The maximum atomic E-state index is 5.64. The summed E-state index contributed by atoms with van der Waals surface area (Å²) >= 11 is 5.14. The molecule has 0 saturated carbocycles. The summed E-state index contributed by atoms with van der Waals surface area (Å²) in [4.78, 5) is 10.3. The molecule has 0 fully saturated rings. The minimum atomic E-state index is 0.318. The van der Waals surface area contributed by atoms with E-state index in [0.717, 1.165) is 21.8 Å². The molecule has 0 saturated heterocycles. The Bertz CT molecular complexity index is 506. The maximum absolute atomic E-state index is 5.64. The summed E-state index contributed by atoms with van der Waals surface area (Å²) in [6, 6.07) is 4.04. The summed E-state index contributed by atoms with van der Waals surface area (Å²) < 4.78 is 1.14. The Balaban J connectivity index is 2.16. The van der Waals surface area contributed by atoms with Gasteiger partial charge in [-0.3, -0.25) is 0 Å². The molecule has 2 N–H and O–H groups in total. The first-order chi connectivity index (χ1) is 8.04. The topological polar surface area (TPSA) is 55.0 Å². The third-order valence-corrected chi connectivity index (χ3v) is 3.84. The van der Waals surface area contributed by atoms with E-state index >= 15 is 0 Å². The zero-order chi connectivity index (χ0) is 12.4. The molecular weight excluding hydrogens is 300 g/mol. The van der Waals surface area contributed by atoms with E-state index in [2.05, 4.69) is 42.2 Å². The number of nitrogen functional groups attached to an aromatic ring is 1. The molecule has 0 aliphatic carbocycles. The summed E-state index contributed by atoms with van der Waals surface area (Å²) in [6.45, 7) is 2.72. The normalized spacial score (nSPS) is 10.5. The SMILES string of the molecule is Cc1cc(N(C)Cc2csc(Br)c2)nc(N)n1. The van der Waals surface area contributed by atoms with Crippen LogP contribution in [0.25, 0.3) is 0 Å². The molecule has 17 heavy (non-hydrogen) atoms. The molecule has 0 radical (unpaired) electrons. The van der Waals surface area contributed by atoms with Crippen LogP contribution in [0, 0.1) is 6.92 Å². The van der Waals surface area contributed by atoms with Crippen molar-refractivity contribution in [3.63, 3.8) is 0 Å². The molecular formula is C11H13BrN4S. The predicted octanol–water partition coefficient (Wildman–Crippen LogP) is 2.83. The Morgan fingerprint density at radius 1 is 1.41 bits per heavy atom. The van der Waals surface area contributed by atoms with Gasteiger partial charge in [-0.05, 0) is 39.9 Å². The van der Waals surface area contributed by atoms with Crippen LogP contribution < -0.4 is 10.6 Å². The minimum absolute atomic E-state index is 0.318. The van der Waals surface area contributed by atoms with Gasteiger partial charge in [0.2, 0.25) is 5.95 Å². The van der Waals surface area contributed by atoms with Crippen LogP contribution in [0.4, 0.5) is 11.8 Å². The highest BCUT2D eigenvalue weighted by Crippen LogP contribution is 2.23. The van der Waals surface area contributed by atoms with E-state index in [0.29, 0.717) is 5.95 Å². The molecule has 0 unspecified atom stereocenters. The van der Waals surface area contributed by atoms with Crippen LogP contribution in [-0.4, -0.2) is 17.0 Å². The molecule has 2 aromatic rings. The first kappa shape index (κ1) is 12.3. The molecule has 0 atom stereocenters. The lowest BCUT2D eigenvalue weighted by Crippen LogP contribution is -2.18. The number of rotatable bonds is 3. The number of halogens is 1. The molecule has 2 rings (SSSR count). The van der Waals surface area contributed by atoms with Crippen molar-refractivity contribution in [3.8, 4) is 0 Å². The third kappa shape index (κ3) is 3.17. The Morgan fingerprint density at radius 3 is 2.76 bits per heavy atom. The van der Waals surface area contributed by atoms with E-state index in [1.54, 1.807) is 11.3 Å². The quantitative estimate of drug-likeness (QED) is 0.947. The smallest absolute Gasteiger partial charge is 0.222 e. The monoisotopic (exact) mass is 312 g/mol. The number of nitrogens with two attached hydrogens (primary N) is 1. The van der Waals surface area contributed by atoms with E-state index in [1.165, 1.54) is 5.56 Å². The largest absolute Gasteiger partial charge is 0.368 e. The fraction of sp³-hybridized carbons (Fsp3) is 0.273. The molecule has 2 aromatic heterocycles. The van der Waals surface area contributed by atoms with Crippen LogP contribution in [-0.2, 0) is 6.54 Å². The van der Waals surface area contributed by atoms with Crippen LogP contribution >= 0.6 is 27.3 Å². The van der Waals surface area contributed by atoms with Crippen molar-refractivity contribution in [2.24, 2.45) is 0 Å². The second-order valence-electron chi connectivity index (χ2n) is 3.84. The number of hydrogen-bond acceptors (Lipinski definition) is 5. The summed E-state index contributed by atoms with van der Waals surface area (Å²) in [5.74, 6) is 1.16. The second kappa shape index (κ2) is 5.01. The summed E-state index contributed by atoms with van der Waals surface area (Å²) in [6.07, 6.45) is 0. The van der Waals surface area contributed by atoms with Crippen molar-refractivity contribution < 1.29 is 0 Å². The van der Waals surface area contributed by atoms with E-state index < -0.39 is 0 Å². The van der Waals surface area contributed by atoms with Crippen molar-refractivity contribution in [2.75, 3.05) is 17.7 Å². The number of anilines is 2. The lowest BCUT2D eigenvalue weighted by Gasteiger charge is -2.17. The van der Waals surface area contributed by atoms with Gasteiger partial charge in [0, 0.05) is 25.4 Å². The van der Waals surface area contributed by atoms with Gasteiger partial charge in [-0.25, -0.2) is 4.98 Å². The molecule has 4 nitrogen and oxygen atoms in total. The zero-order valence-corrected chi connectivity index (χ0v) is 12.0. The molecule has 0 amide bonds. The van der Waals surface area contributed by atoms with Gasteiger partial charge in [0.15, 0.2) is 0 Å². The van der Waals surface area contributed by atoms with Gasteiger partial charge in [-0.15, -0.1) is 11.3 Å². The molecule has 6 heteroatoms.